The molecule has 0 atom stereocenters. The van der Waals surface area contributed by atoms with Crippen LogP contribution >= 0.6 is 11.8 Å². The van der Waals surface area contributed by atoms with Crippen LogP contribution in [0.5, 0.6) is 0 Å². The number of piperazine rings is 1. The summed E-state index contributed by atoms with van der Waals surface area (Å²) in [5, 5.41) is 5.16. The van der Waals surface area contributed by atoms with Crippen LogP contribution in [-0.2, 0) is 10.5 Å². The van der Waals surface area contributed by atoms with Gasteiger partial charge in [0.2, 0.25) is 5.16 Å². The molecule has 1 saturated heterocycles. The summed E-state index contributed by atoms with van der Waals surface area (Å²) in [5.41, 5.74) is 3.47. The number of hydrogen-bond donors (Lipinski definition) is 0. The van der Waals surface area contributed by atoms with Crippen LogP contribution in [0.15, 0.2) is 35.5 Å². The highest BCUT2D eigenvalue weighted by Gasteiger charge is 2.26. The van der Waals surface area contributed by atoms with Crippen molar-refractivity contribution in [3.8, 4) is 0 Å². The monoisotopic (exact) mass is 454 g/mol. The molecule has 0 N–H and O–H groups in total. The zero-order valence-electron chi connectivity index (χ0n) is 18.4. The lowest BCUT2D eigenvalue weighted by atomic mass is 10.1. The van der Waals surface area contributed by atoms with Gasteiger partial charge in [-0.05, 0) is 38.5 Å². The lowest BCUT2D eigenvalue weighted by Gasteiger charge is -2.34. The van der Waals surface area contributed by atoms with E-state index in [4.69, 9.17) is 4.74 Å². The van der Waals surface area contributed by atoms with Crippen LogP contribution in [0.3, 0.4) is 0 Å². The summed E-state index contributed by atoms with van der Waals surface area (Å²) in [6, 6.07) is 9.57. The van der Waals surface area contributed by atoms with E-state index in [-0.39, 0.29) is 12.0 Å². The predicted molar refractivity (Wildman–Crippen MR) is 121 cm³/mol. The maximum absolute atomic E-state index is 13.2. The molecule has 0 spiro atoms. The Balaban J connectivity index is 1.43. The fraction of sp³-hybridized carbons (Fsp3) is 0.409. The standard InChI is InChI=1S/C22H26N6O3S/c1-4-31-22(30)27-11-9-26(10-12-27)19(29)18-8-6-5-7-17(18)14-32-21-24-20-23-15(2)13-16(3)28(20)25-21/h5-8,13H,4,9-12,14H2,1-3H3. The van der Waals surface area contributed by atoms with Crippen molar-refractivity contribution in [2.75, 3.05) is 32.8 Å². The SMILES string of the molecule is CCOC(=O)N1CCN(C(=O)c2ccccc2CSc2nc3nc(C)cc(C)n3n2)CC1. The maximum Gasteiger partial charge on any atom is 0.409 e. The zero-order valence-corrected chi connectivity index (χ0v) is 19.3. The Labute approximate surface area is 190 Å². The van der Waals surface area contributed by atoms with Crippen molar-refractivity contribution in [2.24, 2.45) is 0 Å². The molecule has 2 aromatic heterocycles. The minimum Gasteiger partial charge on any atom is -0.450 e. The summed E-state index contributed by atoms with van der Waals surface area (Å²) in [6.07, 6.45) is -0.323. The van der Waals surface area contributed by atoms with E-state index >= 15 is 0 Å². The fourth-order valence-electron chi connectivity index (χ4n) is 3.68. The van der Waals surface area contributed by atoms with E-state index in [0.29, 0.717) is 55.0 Å². The maximum atomic E-state index is 13.2. The van der Waals surface area contributed by atoms with Gasteiger partial charge in [0.25, 0.3) is 11.7 Å². The molecule has 2 amide bonds. The third kappa shape index (κ3) is 4.69. The second kappa shape index (κ2) is 9.56. The van der Waals surface area contributed by atoms with Gasteiger partial charge in [-0.25, -0.2) is 14.3 Å². The number of ether oxygens (including phenoxy) is 1. The van der Waals surface area contributed by atoms with Crippen LogP contribution in [0.4, 0.5) is 4.79 Å². The molecule has 0 bridgehead atoms. The van der Waals surface area contributed by atoms with E-state index in [2.05, 4.69) is 15.1 Å². The number of fused-ring (bicyclic) bond motifs is 1. The topological polar surface area (TPSA) is 92.9 Å². The van der Waals surface area contributed by atoms with E-state index in [1.807, 2.05) is 44.2 Å². The molecule has 168 valence electrons. The molecule has 1 aromatic carbocycles. The van der Waals surface area contributed by atoms with E-state index in [0.717, 1.165) is 17.0 Å². The molecular formula is C22H26N6O3S. The summed E-state index contributed by atoms with van der Waals surface area (Å²) < 4.78 is 6.78. The van der Waals surface area contributed by atoms with Crippen molar-refractivity contribution in [2.45, 2.75) is 31.7 Å². The lowest BCUT2D eigenvalue weighted by molar-refractivity contribution is 0.0570. The molecule has 9 nitrogen and oxygen atoms in total. The number of aryl methyl sites for hydroxylation is 2. The predicted octanol–water partition coefficient (Wildman–Crippen LogP) is 2.95. The van der Waals surface area contributed by atoms with Crippen LogP contribution in [0.2, 0.25) is 0 Å². The second-order valence-corrected chi connectivity index (χ2v) is 8.51. The number of hydrogen-bond acceptors (Lipinski definition) is 7. The van der Waals surface area contributed by atoms with Crippen LogP contribution in [0, 0.1) is 13.8 Å². The number of carbonyl (C=O) groups is 2. The van der Waals surface area contributed by atoms with Crippen molar-refractivity contribution in [1.29, 1.82) is 0 Å². The van der Waals surface area contributed by atoms with Gasteiger partial charge in [-0.15, -0.1) is 5.10 Å². The molecule has 10 heteroatoms. The zero-order chi connectivity index (χ0) is 22.7. The molecule has 4 rings (SSSR count). The van der Waals surface area contributed by atoms with Crippen molar-refractivity contribution < 1.29 is 14.3 Å². The van der Waals surface area contributed by atoms with Gasteiger partial charge in [-0.2, -0.15) is 4.98 Å². The third-order valence-electron chi connectivity index (χ3n) is 5.30. The Morgan fingerprint density at radius 3 is 2.53 bits per heavy atom. The first-order valence-corrected chi connectivity index (χ1v) is 11.6. The Kier molecular flexibility index (Phi) is 6.59. The molecule has 0 unspecified atom stereocenters. The Bertz CT molecular complexity index is 1140. The fourth-order valence-corrected chi connectivity index (χ4v) is 4.51. The van der Waals surface area contributed by atoms with Crippen molar-refractivity contribution in [3.63, 3.8) is 0 Å². The van der Waals surface area contributed by atoms with Gasteiger partial charge in [0.15, 0.2) is 0 Å². The van der Waals surface area contributed by atoms with E-state index in [1.165, 1.54) is 11.8 Å². The molecule has 0 radical (unpaired) electrons. The largest absolute Gasteiger partial charge is 0.450 e. The number of aromatic nitrogens is 4. The number of carbonyl (C=O) groups excluding carboxylic acids is 2. The van der Waals surface area contributed by atoms with Crippen LogP contribution in [0.1, 0.15) is 34.2 Å². The van der Waals surface area contributed by atoms with Gasteiger partial charge in [0.05, 0.1) is 6.61 Å². The Morgan fingerprint density at radius 2 is 1.78 bits per heavy atom. The van der Waals surface area contributed by atoms with Crippen molar-refractivity contribution in [3.05, 3.63) is 52.8 Å². The minimum absolute atomic E-state index is 0.0270. The van der Waals surface area contributed by atoms with E-state index in [1.54, 1.807) is 21.2 Å². The Hall–Kier alpha value is -3.14. The Morgan fingerprint density at radius 1 is 1.06 bits per heavy atom. The first-order valence-electron chi connectivity index (χ1n) is 10.6. The number of rotatable bonds is 5. The van der Waals surface area contributed by atoms with Gasteiger partial charge in [-0.3, -0.25) is 4.79 Å². The minimum atomic E-state index is -0.323. The molecule has 3 heterocycles. The summed E-state index contributed by atoms with van der Waals surface area (Å²) in [5.74, 6) is 1.12. The molecule has 1 aliphatic rings. The summed E-state index contributed by atoms with van der Waals surface area (Å²) in [6.45, 7) is 7.95. The van der Waals surface area contributed by atoms with Gasteiger partial charge in [-0.1, -0.05) is 30.0 Å². The first kappa shape index (κ1) is 22.1. The molecule has 0 aliphatic carbocycles. The van der Waals surface area contributed by atoms with Crippen LogP contribution < -0.4 is 0 Å². The van der Waals surface area contributed by atoms with E-state index in [9.17, 15) is 9.59 Å². The number of nitrogens with zero attached hydrogens (tertiary/aromatic N) is 6. The normalized spacial score (nSPS) is 14.1. The first-order chi connectivity index (χ1) is 15.5. The third-order valence-corrected chi connectivity index (χ3v) is 6.18. The van der Waals surface area contributed by atoms with Crippen LogP contribution in [0.25, 0.3) is 5.78 Å². The average molecular weight is 455 g/mol. The number of amides is 2. The smallest absolute Gasteiger partial charge is 0.409 e. The second-order valence-electron chi connectivity index (χ2n) is 7.57. The van der Waals surface area contributed by atoms with Gasteiger partial charge in [0, 0.05) is 48.9 Å². The molecule has 1 aliphatic heterocycles. The summed E-state index contributed by atoms with van der Waals surface area (Å²) in [7, 11) is 0. The highest BCUT2D eigenvalue weighted by atomic mass is 32.2. The molecule has 1 fully saturated rings. The molecule has 3 aromatic rings. The lowest BCUT2D eigenvalue weighted by Crippen LogP contribution is -2.50. The average Bonchev–Trinajstić information content (AvgIpc) is 3.21. The van der Waals surface area contributed by atoms with Crippen molar-refractivity contribution >= 4 is 29.5 Å². The molecule has 32 heavy (non-hydrogen) atoms. The highest BCUT2D eigenvalue weighted by Crippen LogP contribution is 2.24. The number of benzene rings is 1. The summed E-state index contributed by atoms with van der Waals surface area (Å²) >= 11 is 1.48. The van der Waals surface area contributed by atoms with Gasteiger partial charge < -0.3 is 14.5 Å². The number of thioether (sulfide) groups is 1. The van der Waals surface area contributed by atoms with Crippen LogP contribution in [-0.4, -0.2) is 74.2 Å². The van der Waals surface area contributed by atoms with E-state index < -0.39 is 0 Å². The van der Waals surface area contributed by atoms with Crippen molar-refractivity contribution in [1.82, 2.24) is 29.4 Å². The molecule has 0 saturated carbocycles. The summed E-state index contributed by atoms with van der Waals surface area (Å²) in [4.78, 5) is 37.5. The van der Waals surface area contributed by atoms with Gasteiger partial charge >= 0.3 is 6.09 Å². The quantitative estimate of drug-likeness (QED) is 0.547. The van der Waals surface area contributed by atoms with Gasteiger partial charge in [0.1, 0.15) is 0 Å². The highest BCUT2D eigenvalue weighted by molar-refractivity contribution is 7.98. The molecular weight excluding hydrogens is 428 g/mol.